The predicted molar refractivity (Wildman–Crippen MR) is 139 cm³/mol. The maximum Gasteiger partial charge on any atom is 0.318 e. The van der Waals surface area contributed by atoms with Gasteiger partial charge in [0.2, 0.25) is 10.0 Å². The van der Waals surface area contributed by atoms with E-state index in [0.717, 1.165) is 50.4 Å². The Balaban J connectivity index is 1.17. The van der Waals surface area contributed by atoms with Gasteiger partial charge in [0.1, 0.15) is 12.4 Å². The lowest BCUT2D eigenvalue weighted by molar-refractivity contribution is 0.267. The monoisotopic (exact) mass is 508 g/mol. The molecule has 0 aliphatic carbocycles. The molecule has 0 bridgehead atoms. The van der Waals surface area contributed by atoms with Crippen LogP contribution in [0.15, 0.2) is 66.0 Å². The van der Waals surface area contributed by atoms with Gasteiger partial charge in [-0.2, -0.15) is 9.29 Å². The van der Waals surface area contributed by atoms with Crippen molar-refractivity contribution in [1.82, 2.24) is 19.3 Å². The first kappa shape index (κ1) is 24.5. The van der Waals surface area contributed by atoms with E-state index < -0.39 is 10.0 Å². The van der Waals surface area contributed by atoms with Crippen LogP contribution in [0.1, 0.15) is 18.4 Å². The lowest BCUT2D eigenvalue weighted by atomic mass is 9.86. The van der Waals surface area contributed by atoms with E-state index in [1.807, 2.05) is 24.5 Å². The fourth-order valence-corrected chi connectivity index (χ4v) is 6.53. The van der Waals surface area contributed by atoms with Crippen LogP contribution in [-0.4, -0.2) is 74.1 Å². The first-order valence-electron chi connectivity index (χ1n) is 12.2. The average Bonchev–Trinajstić information content (AvgIpc) is 3.51. The minimum absolute atomic E-state index is 0.163. The summed E-state index contributed by atoms with van der Waals surface area (Å²) in [4.78, 5) is 18.1. The van der Waals surface area contributed by atoms with Crippen molar-refractivity contribution in [3.05, 3.63) is 66.6 Å². The first-order valence-corrected chi connectivity index (χ1v) is 13.7. The summed E-state index contributed by atoms with van der Waals surface area (Å²) in [6, 6.07) is 13.3. The summed E-state index contributed by atoms with van der Waals surface area (Å²) in [6.45, 7) is 6.12. The largest absolute Gasteiger partial charge is 0.462 e. The van der Waals surface area contributed by atoms with Crippen LogP contribution in [0.25, 0.3) is 0 Å². The van der Waals surface area contributed by atoms with Gasteiger partial charge >= 0.3 is 6.01 Å². The van der Waals surface area contributed by atoms with Crippen molar-refractivity contribution in [1.29, 1.82) is 0 Å². The zero-order valence-electron chi connectivity index (χ0n) is 20.7. The number of hydrogen-bond acceptors (Lipinski definition) is 8. The van der Waals surface area contributed by atoms with Gasteiger partial charge in [0.25, 0.3) is 0 Å². The number of sulfonamides is 1. The van der Waals surface area contributed by atoms with Crippen LogP contribution in [0.5, 0.6) is 6.01 Å². The molecule has 2 aliphatic rings. The Morgan fingerprint density at radius 1 is 1.00 bits per heavy atom. The topological polar surface area (TPSA) is 91.8 Å². The van der Waals surface area contributed by atoms with Crippen molar-refractivity contribution in [2.75, 3.05) is 56.2 Å². The minimum atomic E-state index is -3.59. The van der Waals surface area contributed by atoms with Crippen LogP contribution in [-0.2, 0) is 10.0 Å². The quantitative estimate of drug-likeness (QED) is 0.459. The molecule has 0 amide bonds. The average molecular weight is 509 g/mol. The van der Waals surface area contributed by atoms with E-state index in [1.165, 1.54) is 9.99 Å². The fraction of sp³-hybridized carbons (Fsp3) is 0.423. The molecule has 0 saturated carbocycles. The smallest absolute Gasteiger partial charge is 0.318 e. The Hall–Kier alpha value is -3.24. The highest BCUT2D eigenvalue weighted by Gasteiger charge is 2.44. The molecule has 2 aromatic heterocycles. The van der Waals surface area contributed by atoms with Crippen LogP contribution in [0, 0.1) is 12.3 Å². The highest BCUT2D eigenvalue weighted by Crippen LogP contribution is 2.42. The van der Waals surface area contributed by atoms with Crippen molar-refractivity contribution in [2.45, 2.75) is 24.7 Å². The minimum Gasteiger partial charge on any atom is -0.462 e. The first-order chi connectivity index (χ1) is 17.4. The second-order valence-electron chi connectivity index (χ2n) is 9.69. The molecular formula is C26H32N6O3S. The molecule has 5 rings (SSSR count). The van der Waals surface area contributed by atoms with Crippen LogP contribution >= 0.6 is 0 Å². The van der Waals surface area contributed by atoms with E-state index in [-0.39, 0.29) is 24.6 Å². The SMILES string of the molecule is Cc1ccccc1S(=O)(=O)N(C)CCOc1nccc(N2CCC3(CCN(c4ccncc4)C3)C2)n1. The Bertz CT molecular complexity index is 1310. The summed E-state index contributed by atoms with van der Waals surface area (Å²) in [5.41, 5.74) is 2.20. The molecule has 0 radical (unpaired) electrons. The lowest BCUT2D eigenvalue weighted by Crippen LogP contribution is -2.32. The number of rotatable bonds is 8. The molecule has 190 valence electrons. The molecule has 10 heteroatoms. The highest BCUT2D eigenvalue weighted by atomic mass is 32.2. The van der Waals surface area contributed by atoms with E-state index >= 15 is 0 Å². The van der Waals surface area contributed by atoms with Gasteiger partial charge in [0.15, 0.2) is 0 Å². The Morgan fingerprint density at radius 3 is 2.50 bits per heavy atom. The third-order valence-corrected chi connectivity index (χ3v) is 9.28. The third kappa shape index (κ3) is 5.01. The fourth-order valence-electron chi connectivity index (χ4n) is 5.15. The molecule has 4 heterocycles. The molecule has 0 N–H and O–H groups in total. The van der Waals surface area contributed by atoms with Gasteiger partial charge < -0.3 is 14.5 Å². The van der Waals surface area contributed by atoms with E-state index in [1.54, 1.807) is 38.4 Å². The van der Waals surface area contributed by atoms with Crippen molar-refractivity contribution in [2.24, 2.45) is 5.41 Å². The number of ether oxygens (including phenoxy) is 1. The summed E-state index contributed by atoms with van der Waals surface area (Å²) >= 11 is 0. The van der Waals surface area contributed by atoms with Gasteiger partial charge in [-0.05, 0) is 49.6 Å². The summed E-state index contributed by atoms with van der Waals surface area (Å²) in [7, 11) is -2.03. The van der Waals surface area contributed by atoms with E-state index in [2.05, 4.69) is 36.9 Å². The van der Waals surface area contributed by atoms with Crippen molar-refractivity contribution in [3.63, 3.8) is 0 Å². The zero-order chi connectivity index (χ0) is 25.2. The van der Waals surface area contributed by atoms with Gasteiger partial charge in [0.05, 0.1) is 4.90 Å². The molecule has 9 nitrogen and oxygen atoms in total. The van der Waals surface area contributed by atoms with Gasteiger partial charge in [-0.25, -0.2) is 13.4 Å². The summed E-state index contributed by atoms with van der Waals surface area (Å²) in [6.07, 6.45) is 7.67. The summed E-state index contributed by atoms with van der Waals surface area (Å²) in [5.74, 6) is 0.847. The van der Waals surface area contributed by atoms with Crippen molar-refractivity contribution >= 4 is 21.5 Å². The Morgan fingerprint density at radius 2 is 1.72 bits per heavy atom. The highest BCUT2D eigenvalue weighted by molar-refractivity contribution is 7.89. The number of nitrogens with zero attached hydrogens (tertiary/aromatic N) is 6. The van der Waals surface area contributed by atoms with Gasteiger partial charge in [-0.1, -0.05) is 18.2 Å². The molecule has 1 spiro atoms. The molecular weight excluding hydrogens is 476 g/mol. The molecule has 1 aromatic carbocycles. The number of benzene rings is 1. The molecule has 1 atom stereocenters. The maximum absolute atomic E-state index is 12.9. The van der Waals surface area contributed by atoms with E-state index in [4.69, 9.17) is 4.74 Å². The number of hydrogen-bond donors (Lipinski definition) is 0. The standard InChI is InChI=1S/C26H32N6O3S/c1-21-5-3-4-6-23(21)36(33,34)30(2)17-18-35-25-28-14-9-24(29-25)32-16-11-26(20-32)10-15-31(19-26)22-7-12-27-13-8-22/h3-9,12-14H,10-11,15-20H2,1-2H3. The molecule has 36 heavy (non-hydrogen) atoms. The van der Waals surface area contributed by atoms with Crippen molar-refractivity contribution < 1.29 is 13.2 Å². The number of anilines is 2. The Kier molecular flexibility index (Phi) is 6.81. The molecule has 2 fully saturated rings. The van der Waals surface area contributed by atoms with Crippen LogP contribution < -0.4 is 14.5 Å². The molecule has 2 saturated heterocycles. The van der Waals surface area contributed by atoms with Gasteiger partial charge in [0, 0.05) is 69.5 Å². The summed E-state index contributed by atoms with van der Waals surface area (Å²) < 4.78 is 32.8. The van der Waals surface area contributed by atoms with Crippen molar-refractivity contribution in [3.8, 4) is 6.01 Å². The maximum atomic E-state index is 12.9. The number of aromatic nitrogens is 3. The molecule has 2 aliphatic heterocycles. The van der Waals surface area contributed by atoms with Gasteiger partial charge in [-0.3, -0.25) is 4.98 Å². The molecule has 1 unspecified atom stereocenters. The number of likely N-dealkylation sites (N-methyl/N-ethyl adjacent to an activating group) is 1. The van der Waals surface area contributed by atoms with Crippen LogP contribution in [0.2, 0.25) is 0 Å². The third-order valence-electron chi connectivity index (χ3n) is 7.27. The van der Waals surface area contributed by atoms with E-state index in [0.29, 0.717) is 4.90 Å². The summed E-state index contributed by atoms with van der Waals surface area (Å²) in [5, 5.41) is 0. The van der Waals surface area contributed by atoms with Crippen LogP contribution in [0.3, 0.4) is 0 Å². The second kappa shape index (κ2) is 10.0. The Labute approximate surface area is 212 Å². The number of aryl methyl sites for hydroxylation is 1. The van der Waals surface area contributed by atoms with E-state index in [9.17, 15) is 8.42 Å². The second-order valence-corrected chi connectivity index (χ2v) is 11.7. The predicted octanol–water partition coefficient (Wildman–Crippen LogP) is 2.99. The number of pyridine rings is 1. The normalized spacial score (nSPS) is 20.0. The molecule has 3 aromatic rings. The van der Waals surface area contributed by atoms with Gasteiger partial charge in [-0.15, -0.1) is 0 Å². The van der Waals surface area contributed by atoms with Crippen LogP contribution in [0.4, 0.5) is 11.5 Å². The zero-order valence-corrected chi connectivity index (χ0v) is 21.6. The lowest BCUT2D eigenvalue weighted by Gasteiger charge is -2.26.